The molecule has 2 aromatic carbocycles. The summed E-state index contributed by atoms with van der Waals surface area (Å²) in [4.78, 5) is 12.9. The fourth-order valence-electron chi connectivity index (χ4n) is 3.24. The van der Waals surface area contributed by atoms with Crippen LogP contribution in [0.5, 0.6) is 17.2 Å². The minimum Gasteiger partial charge on any atom is -0.493 e. The van der Waals surface area contributed by atoms with Gasteiger partial charge < -0.3 is 19.5 Å². The number of carbonyl (C=O) groups is 1. The quantitative estimate of drug-likeness (QED) is 0.677. The second-order valence-electron chi connectivity index (χ2n) is 6.92. The van der Waals surface area contributed by atoms with E-state index in [1.807, 2.05) is 58.0 Å². The molecule has 0 fully saturated rings. The molecule has 1 N–H and O–H groups in total. The molecule has 1 amide bonds. The van der Waals surface area contributed by atoms with E-state index in [9.17, 15) is 4.79 Å². The lowest BCUT2D eigenvalue weighted by Gasteiger charge is -2.23. The smallest absolute Gasteiger partial charge is 0.261 e. The van der Waals surface area contributed by atoms with Crippen molar-refractivity contribution in [1.29, 1.82) is 0 Å². The van der Waals surface area contributed by atoms with Crippen LogP contribution in [0.3, 0.4) is 0 Å². The first kappa shape index (κ1) is 21.6. The van der Waals surface area contributed by atoms with Gasteiger partial charge in [-0.3, -0.25) is 4.79 Å². The predicted octanol–water partition coefficient (Wildman–Crippen LogP) is 4.75. The molecular formula is C23H31NO4. The van der Waals surface area contributed by atoms with Gasteiger partial charge in [0.2, 0.25) is 0 Å². The number of amides is 1. The number of hydrogen-bond acceptors (Lipinski definition) is 4. The zero-order chi connectivity index (χ0) is 20.7. The first-order valence-electron chi connectivity index (χ1n) is 9.69. The van der Waals surface area contributed by atoms with Gasteiger partial charge in [0.15, 0.2) is 17.6 Å². The molecule has 0 aromatic heterocycles. The summed E-state index contributed by atoms with van der Waals surface area (Å²) in [5, 5.41) is 3.11. The normalized spacial score (nSPS) is 12.8. The van der Waals surface area contributed by atoms with E-state index in [-0.39, 0.29) is 11.9 Å². The molecule has 0 spiro atoms. The van der Waals surface area contributed by atoms with Gasteiger partial charge in [-0.25, -0.2) is 0 Å². The third kappa shape index (κ3) is 5.41. The van der Waals surface area contributed by atoms with Gasteiger partial charge in [0.25, 0.3) is 5.91 Å². The van der Waals surface area contributed by atoms with E-state index in [1.165, 1.54) is 0 Å². The van der Waals surface area contributed by atoms with Crippen LogP contribution >= 0.6 is 0 Å². The van der Waals surface area contributed by atoms with Crippen LogP contribution in [0.25, 0.3) is 0 Å². The molecule has 0 unspecified atom stereocenters. The highest BCUT2D eigenvalue weighted by Crippen LogP contribution is 2.31. The van der Waals surface area contributed by atoms with Crippen molar-refractivity contribution in [2.45, 2.75) is 52.7 Å². The zero-order valence-electron chi connectivity index (χ0n) is 17.7. The molecule has 152 valence electrons. The average molecular weight is 386 g/mol. The number of aryl methyl sites for hydroxylation is 2. The Bertz CT molecular complexity index is 783. The van der Waals surface area contributed by atoms with E-state index >= 15 is 0 Å². The maximum Gasteiger partial charge on any atom is 0.261 e. The largest absolute Gasteiger partial charge is 0.493 e. The van der Waals surface area contributed by atoms with Gasteiger partial charge in [0, 0.05) is 0 Å². The molecule has 0 heterocycles. The summed E-state index contributed by atoms with van der Waals surface area (Å²) >= 11 is 0. The third-order valence-corrected chi connectivity index (χ3v) is 4.67. The Labute approximate surface area is 168 Å². The number of rotatable bonds is 9. The van der Waals surface area contributed by atoms with Crippen molar-refractivity contribution in [2.75, 3.05) is 14.2 Å². The summed E-state index contributed by atoms with van der Waals surface area (Å²) in [6, 6.07) is 11.6. The van der Waals surface area contributed by atoms with E-state index < -0.39 is 6.10 Å². The lowest BCUT2D eigenvalue weighted by Crippen LogP contribution is -2.40. The van der Waals surface area contributed by atoms with Crippen LogP contribution in [0.2, 0.25) is 0 Å². The van der Waals surface area contributed by atoms with Gasteiger partial charge in [0.1, 0.15) is 5.75 Å². The minimum atomic E-state index is -0.546. The average Bonchev–Trinajstić information content (AvgIpc) is 2.68. The first-order valence-corrected chi connectivity index (χ1v) is 9.69. The van der Waals surface area contributed by atoms with Crippen molar-refractivity contribution in [3.8, 4) is 17.2 Å². The lowest BCUT2D eigenvalue weighted by molar-refractivity contribution is -0.129. The van der Waals surface area contributed by atoms with Crippen LogP contribution in [-0.4, -0.2) is 26.2 Å². The number of ether oxygens (including phenoxy) is 3. The van der Waals surface area contributed by atoms with Gasteiger partial charge in [-0.15, -0.1) is 0 Å². The molecule has 0 saturated heterocycles. The van der Waals surface area contributed by atoms with E-state index in [0.717, 1.165) is 28.9 Å². The van der Waals surface area contributed by atoms with E-state index in [0.29, 0.717) is 17.9 Å². The molecule has 0 aliphatic heterocycles. The molecular weight excluding hydrogens is 354 g/mol. The van der Waals surface area contributed by atoms with Gasteiger partial charge in [-0.1, -0.05) is 26.0 Å². The summed E-state index contributed by atoms with van der Waals surface area (Å²) in [5.74, 6) is 1.91. The van der Waals surface area contributed by atoms with Crippen LogP contribution < -0.4 is 19.5 Å². The second-order valence-corrected chi connectivity index (χ2v) is 6.92. The van der Waals surface area contributed by atoms with Crippen LogP contribution in [0.4, 0.5) is 0 Å². The Balaban J connectivity index is 2.15. The molecule has 2 aromatic rings. The van der Waals surface area contributed by atoms with Gasteiger partial charge in [-0.05, 0) is 67.6 Å². The summed E-state index contributed by atoms with van der Waals surface area (Å²) in [7, 11) is 3.21. The fraction of sp³-hybridized carbons (Fsp3) is 0.435. The third-order valence-electron chi connectivity index (χ3n) is 4.67. The molecule has 5 nitrogen and oxygen atoms in total. The van der Waals surface area contributed by atoms with Crippen LogP contribution in [0.15, 0.2) is 36.4 Å². The Kier molecular flexibility index (Phi) is 7.73. The molecule has 0 radical (unpaired) electrons. The monoisotopic (exact) mass is 385 g/mol. The van der Waals surface area contributed by atoms with E-state index in [2.05, 4.69) is 11.4 Å². The molecule has 0 bridgehead atoms. The van der Waals surface area contributed by atoms with Crippen molar-refractivity contribution in [1.82, 2.24) is 5.32 Å². The van der Waals surface area contributed by atoms with Gasteiger partial charge in [-0.2, -0.15) is 0 Å². The topological polar surface area (TPSA) is 56.8 Å². The van der Waals surface area contributed by atoms with E-state index in [4.69, 9.17) is 14.2 Å². The molecule has 2 atom stereocenters. The zero-order valence-corrected chi connectivity index (χ0v) is 17.7. The molecule has 0 aliphatic rings. The number of carbonyl (C=O) groups excluding carboxylic acids is 1. The SMILES string of the molecule is CC[C@H](Oc1cc(C)cc(C)c1)C(=O)N[C@H](CC)c1ccc(OC)c(OC)c1. The van der Waals surface area contributed by atoms with E-state index in [1.54, 1.807) is 14.2 Å². The minimum absolute atomic E-state index is 0.122. The molecule has 28 heavy (non-hydrogen) atoms. The van der Waals surface area contributed by atoms with Crippen molar-refractivity contribution in [2.24, 2.45) is 0 Å². The van der Waals surface area contributed by atoms with Crippen molar-refractivity contribution in [3.63, 3.8) is 0 Å². The summed E-state index contributed by atoms with van der Waals surface area (Å²) < 4.78 is 16.7. The van der Waals surface area contributed by atoms with Crippen molar-refractivity contribution >= 4 is 5.91 Å². The van der Waals surface area contributed by atoms with Gasteiger partial charge in [0.05, 0.1) is 20.3 Å². The van der Waals surface area contributed by atoms with Crippen LogP contribution in [0, 0.1) is 13.8 Å². The fourth-order valence-corrected chi connectivity index (χ4v) is 3.24. The van der Waals surface area contributed by atoms with Crippen LogP contribution in [-0.2, 0) is 4.79 Å². The Morgan fingerprint density at radius 2 is 1.57 bits per heavy atom. The molecule has 0 aliphatic carbocycles. The highest BCUT2D eigenvalue weighted by molar-refractivity contribution is 5.81. The second kappa shape index (κ2) is 10.0. The number of methoxy groups -OCH3 is 2. The Morgan fingerprint density at radius 3 is 2.11 bits per heavy atom. The first-order chi connectivity index (χ1) is 13.4. The molecule has 5 heteroatoms. The highest BCUT2D eigenvalue weighted by Gasteiger charge is 2.23. The molecule has 2 rings (SSSR count). The number of nitrogens with one attached hydrogen (secondary N) is 1. The van der Waals surface area contributed by atoms with Crippen molar-refractivity contribution < 1.29 is 19.0 Å². The maximum absolute atomic E-state index is 12.9. The Morgan fingerprint density at radius 1 is 0.929 bits per heavy atom. The summed E-state index contributed by atoms with van der Waals surface area (Å²) in [5.41, 5.74) is 3.19. The highest BCUT2D eigenvalue weighted by atomic mass is 16.5. The van der Waals surface area contributed by atoms with Gasteiger partial charge >= 0.3 is 0 Å². The maximum atomic E-state index is 12.9. The van der Waals surface area contributed by atoms with Crippen molar-refractivity contribution in [3.05, 3.63) is 53.1 Å². The standard InChI is InChI=1S/C23H31NO4/c1-7-19(17-9-10-21(26-5)22(14-17)27-6)24-23(25)20(8-2)28-18-12-15(3)11-16(4)13-18/h9-14,19-20H,7-8H2,1-6H3,(H,24,25)/t19-,20+/m1/s1. The van der Waals surface area contributed by atoms with Crippen LogP contribution in [0.1, 0.15) is 49.4 Å². The number of benzene rings is 2. The lowest BCUT2D eigenvalue weighted by atomic mass is 10.0. The summed E-state index contributed by atoms with van der Waals surface area (Å²) in [6.45, 7) is 8.02. The molecule has 0 saturated carbocycles. The predicted molar refractivity (Wildman–Crippen MR) is 111 cm³/mol. The summed E-state index contributed by atoms with van der Waals surface area (Å²) in [6.07, 6.45) is 0.790. The Hall–Kier alpha value is -2.69. The number of hydrogen-bond donors (Lipinski definition) is 1.